The summed E-state index contributed by atoms with van der Waals surface area (Å²) >= 11 is 0. The third kappa shape index (κ3) is 8.87. The number of aliphatic carboxylic acids is 1. The molecule has 0 unspecified atom stereocenters. The van der Waals surface area contributed by atoms with Gasteiger partial charge in [-0.2, -0.15) is 0 Å². The van der Waals surface area contributed by atoms with Gasteiger partial charge in [0.15, 0.2) is 0 Å². The lowest BCUT2D eigenvalue weighted by molar-refractivity contribution is -0.134. The Hall–Kier alpha value is -2.13. The van der Waals surface area contributed by atoms with Gasteiger partial charge in [0.1, 0.15) is 0 Å². The van der Waals surface area contributed by atoms with Crippen LogP contribution in [0.25, 0.3) is 0 Å². The fourth-order valence-corrected chi connectivity index (χ4v) is 3.49. The number of carbonyl (C=O) groups is 1. The summed E-state index contributed by atoms with van der Waals surface area (Å²) in [4.78, 5) is 11.6. The fourth-order valence-electron chi connectivity index (χ4n) is 3.49. The zero-order valence-electron chi connectivity index (χ0n) is 17.4. The molecule has 0 radical (unpaired) electrons. The Balaban J connectivity index is 0.000000828. The minimum Gasteiger partial charge on any atom is -0.481 e. The van der Waals surface area contributed by atoms with E-state index in [0.717, 1.165) is 6.92 Å². The molecule has 2 aromatic carbocycles. The average Bonchev–Trinajstić information content (AvgIpc) is 2.62. The van der Waals surface area contributed by atoms with Gasteiger partial charge in [0.2, 0.25) is 0 Å². The molecule has 0 heterocycles. The van der Waals surface area contributed by atoms with Crippen LogP contribution in [0.4, 0.5) is 0 Å². The van der Waals surface area contributed by atoms with Crippen molar-refractivity contribution in [3.05, 3.63) is 71.8 Å². The molecule has 0 aromatic heterocycles. The molecular formula is C24H35NO2. The molecule has 0 aliphatic heterocycles. The van der Waals surface area contributed by atoms with E-state index in [1.54, 1.807) is 0 Å². The van der Waals surface area contributed by atoms with Crippen molar-refractivity contribution in [1.29, 1.82) is 0 Å². The lowest BCUT2D eigenvalue weighted by Gasteiger charge is -2.31. The van der Waals surface area contributed by atoms with Crippen molar-refractivity contribution < 1.29 is 9.90 Å². The van der Waals surface area contributed by atoms with E-state index in [1.807, 2.05) is 0 Å². The van der Waals surface area contributed by atoms with Crippen LogP contribution >= 0.6 is 0 Å². The molecule has 3 nitrogen and oxygen atoms in total. The van der Waals surface area contributed by atoms with Gasteiger partial charge in [0, 0.05) is 24.9 Å². The van der Waals surface area contributed by atoms with E-state index in [4.69, 9.17) is 9.90 Å². The molecule has 3 heteroatoms. The highest BCUT2D eigenvalue weighted by atomic mass is 16.4. The highest BCUT2D eigenvalue weighted by Gasteiger charge is 2.16. The minimum absolute atomic E-state index is 0.499. The SMILES string of the molecule is CC(=O)O.CC(C)N(CCCC(c1ccccc1)c1ccccc1)C(C)C. The number of benzene rings is 2. The van der Waals surface area contributed by atoms with Crippen LogP contribution in [-0.4, -0.2) is 34.6 Å². The molecule has 0 aliphatic carbocycles. The molecule has 2 aromatic rings. The molecule has 0 atom stereocenters. The van der Waals surface area contributed by atoms with Crippen LogP contribution in [0.5, 0.6) is 0 Å². The Kier molecular flexibility index (Phi) is 10.4. The van der Waals surface area contributed by atoms with Crippen LogP contribution < -0.4 is 0 Å². The molecule has 0 saturated heterocycles. The molecule has 1 N–H and O–H groups in total. The summed E-state index contributed by atoms with van der Waals surface area (Å²) in [5.74, 6) is -0.335. The van der Waals surface area contributed by atoms with Crippen molar-refractivity contribution >= 4 is 5.97 Å². The van der Waals surface area contributed by atoms with Crippen LogP contribution in [0.3, 0.4) is 0 Å². The lowest BCUT2D eigenvalue weighted by Crippen LogP contribution is -2.37. The molecule has 0 fully saturated rings. The molecular weight excluding hydrogens is 334 g/mol. The number of hydrogen-bond acceptors (Lipinski definition) is 2. The maximum Gasteiger partial charge on any atom is 0.300 e. The predicted molar refractivity (Wildman–Crippen MR) is 114 cm³/mol. The Morgan fingerprint density at radius 2 is 1.22 bits per heavy atom. The van der Waals surface area contributed by atoms with Crippen molar-refractivity contribution in [2.24, 2.45) is 0 Å². The summed E-state index contributed by atoms with van der Waals surface area (Å²) in [5, 5.41) is 7.42. The number of carboxylic acids is 1. The van der Waals surface area contributed by atoms with Crippen LogP contribution in [-0.2, 0) is 4.79 Å². The monoisotopic (exact) mass is 369 g/mol. The topological polar surface area (TPSA) is 40.5 Å². The van der Waals surface area contributed by atoms with Crippen LogP contribution in [0.1, 0.15) is 64.5 Å². The van der Waals surface area contributed by atoms with Crippen molar-refractivity contribution in [3.8, 4) is 0 Å². The van der Waals surface area contributed by atoms with E-state index in [0.29, 0.717) is 18.0 Å². The van der Waals surface area contributed by atoms with E-state index in [1.165, 1.54) is 30.5 Å². The van der Waals surface area contributed by atoms with Gasteiger partial charge in [0.05, 0.1) is 0 Å². The Bertz CT molecular complexity index is 586. The fraction of sp³-hybridized carbons (Fsp3) is 0.458. The highest BCUT2D eigenvalue weighted by molar-refractivity contribution is 5.62. The number of carboxylic acid groups (broad SMARTS) is 1. The molecule has 0 aliphatic rings. The second-order valence-corrected chi connectivity index (χ2v) is 7.46. The van der Waals surface area contributed by atoms with Gasteiger partial charge in [0.25, 0.3) is 5.97 Å². The molecule has 148 valence electrons. The van der Waals surface area contributed by atoms with Gasteiger partial charge in [-0.15, -0.1) is 0 Å². The largest absolute Gasteiger partial charge is 0.481 e. The van der Waals surface area contributed by atoms with Gasteiger partial charge in [-0.3, -0.25) is 9.69 Å². The third-order valence-electron chi connectivity index (χ3n) is 4.64. The second-order valence-electron chi connectivity index (χ2n) is 7.46. The van der Waals surface area contributed by atoms with Gasteiger partial charge in [-0.05, 0) is 58.2 Å². The van der Waals surface area contributed by atoms with E-state index in [9.17, 15) is 0 Å². The van der Waals surface area contributed by atoms with Gasteiger partial charge in [-0.1, -0.05) is 60.7 Å². The first kappa shape index (κ1) is 22.9. The minimum atomic E-state index is -0.833. The lowest BCUT2D eigenvalue weighted by atomic mass is 9.87. The van der Waals surface area contributed by atoms with Crippen LogP contribution in [0.15, 0.2) is 60.7 Å². The summed E-state index contributed by atoms with van der Waals surface area (Å²) in [5.41, 5.74) is 2.86. The maximum atomic E-state index is 9.00. The Morgan fingerprint density at radius 3 is 1.56 bits per heavy atom. The maximum absolute atomic E-state index is 9.00. The number of rotatable bonds is 8. The van der Waals surface area contributed by atoms with Gasteiger partial charge < -0.3 is 5.11 Å². The Morgan fingerprint density at radius 1 is 0.852 bits per heavy atom. The smallest absolute Gasteiger partial charge is 0.300 e. The van der Waals surface area contributed by atoms with Crippen molar-refractivity contribution in [1.82, 2.24) is 4.90 Å². The predicted octanol–water partition coefficient (Wildman–Crippen LogP) is 5.81. The summed E-state index contributed by atoms with van der Waals surface area (Å²) in [6.07, 6.45) is 2.43. The first-order valence-corrected chi connectivity index (χ1v) is 9.88. The third-order valence-corrected chi connectivity index (χ3v) is 4.64. The molecule has 0 spiro atoms. The standard InChI is InChI=1S/C22H31N.C2H4O2/c1-18(2)23(19(3)4)17-11-16-22(20-12-7-5-8-13-20)21-14-9-6-10-15-21;1-2(3)4/h5-10,12-15,18-19,22H,11,16-17H2,1-4H3;1H3,(H,3,4). The van der Waals surface area contributed by atoms with E-state index in [-0.39, 0.29) is 0 Å². The van der Waals surface area contributed by atoms with Crippen molar-refractivity contribution in [3.63, 3.8) is 0 Å². The summed E-state index contributed by atoms with van der Waals surface area (Å²) < 4.78 is 0. The van der Waals surface area contributed by atoms with Gasteiger partial charge in [-0.25, -0.2) is 0 Å². The summed E-state index contributed by atoms with van der Waals surface area (Å²) in [7, 11) is 0. The van der Waals surface area contributed by atoms with Crippen LogP contribution in [0.2, 0.25) is 0 Å². The molecule has 27 heavy (non-hydrogen) atoms. The Labute approximate surface area is 165 Å². The van der Waals surface area contributed by atoms with E-state index < -0.39 is 5.97 Å². The normalized spacial score (nSPS) is 11.0. The number of nitrogens with zero attached hydrogens (tertiary/aromatic N) is 1. The molecule has 0 saturated carbocycles. The molecule has 0 bridgehead atoms. The quantitative estimate of drug-likeness (QED) is 0.638. The molecule has 0 amide bonds. The first-order valence-electron chi connectivity index (χ1n) is 9.88. The molecule has 2 rings (SSSR count). The number of hydrogen-bond donors (Lipinski definition) is 1. The first-order chi connectivity index (χ1) is 12.8. The van der Waals surface area contributed by atoms with Crippen molar-refractivity contribution in [2.75, 3.05) is 6.54 Å². The second kappa shape index (κ2) is 12.3. The van der Waals surface area contributed by atoms with E-state index >= 15 is 0 Å². The average molecular weight is 370 g/mol. The zero-order valence-corrected chi connectivity index (χ0v) is 17.4. The zero-order chi connectivity index (χ0) is 20.2. The summed E-state index contributed by atoms with van der Waals surface area (Å²) in [6.45, 7) is 11.4. The van der Waals surface area contributed by atoms with Crippen LogP contribution in [0, 0.1) is 0 Å². The van der Waals surface area contributed by atoms with Gasteiger partial charge >= 0.3 is 0 Å². The summed E-state index contributed by atoms with van der Waals surface area (Å²) in [6, 6.07) is 23.1. The van der Waals surface area contributed by atoms with E-state index in [2.05, 4.69) is 93.3 Å². The highest BCUT2D eigenvalue weighted by Crippen LogP contribution is 2.29. The van der Waals surface area contributed by atoms with Crippen molar-refractivity contribution in [2.45, 2.75) is 65.5 Å².